The van der Waals surface area contributed by atoms with E-state index in [2.05, 4.69) is 27.7 Å². The summed E-state index contributed by atoms with van der Waals surface area (Å²) in [6.07, 6.45) is 22.3. The van der Waals surface area contributed by atoms with Gasteiger partial charge in [0, 0.05) is 0 Å². The van der Waals surface area contributed by atoms with Gasteiger partial charge in [-0.3, -0.25) is 9.59 Å². The molecule has 35 heavy (non-hydrogen) atoms. The van der Waals surface area contributed by atoms with Gasteiger partial charge in [-0.25, -0.2) is 0 Å². The summed E-state index contributed by atoms with van der Waals surface area (Å²) in [4.78, 5) is 26.1. The molecule has 4 unspecified atom stereocenters. The molecule has 1 aliphatic carbocycles. The normalized spacial score (nSPS) is 22.5. The number of hydrogen-bond acceptors (Lipinski definition) is 4. The van der Waals surface area contributed by atoms with E-state index in [0.717, 1.165) is 44.9 Å². The maximum absolute atomic E-state index is 13.1. The molecule has 0 aliphatic heterocycles. The highest BCUT2D eigenvalue weighted by Gasteiger charge is 2.42. The van der Waals surface area contributed by atoms with Crippen molar-refractivity contribution in [2.45, 2.75) is 150 Å². The standard InChI is InChI=1S/C31H58O4/c1-5-7-9-11-13-15-17-19-24-34-30(32)28-23-21-22-26(3)27(4)29(28)31(33)35-25-20-18-16-14-12-10-8-6-2/h26-29H,5-25H2,1-4H3. The smallest absolute Gasteiger partial charge is 0.310 e. The summed E-state index contributed by atoms with van der Waals surface area (Å²) in [5.74, 6) is -0.515. The van der Waals surface area contributed by atoms with Gasteiger partial charge in [0.1, 0.15) is 0 Å². The van der Waals surface area contributed by atoms with Crippen LogP contribution in [0.25, 0.3) is 0 Å². The molecule has 0 aromatic rings. The molecular weight excluding hydrogens is 436 g/mol. The van der Waals surface area contributed by atoms with Crippen LogP contribution >= 0.6 is 0 Å². The molecule has 0 bridgehead atoms. The Bertz CT molecular complexity index is 532. The summed E-state index contributed by atoms with van der Waals surface area (Å²) in [5.41, 5.74) is 0. The van der Waals surface area contributed by atoms with E-state index >= 15 is 0 Å². The van der Waals surface area contributed by atoms with Crippen LogP contribution in [0.2, 0.25) is 0 Å². The van der Waals surface area contributed by atoms with Gasteiger partial charge in [0.05, 0.1) is 25.0 Å². The SMILES string of the molecule is CCCCCCCCCCOC(=O)C1CCCC(C)C(C)C1C(=O)OCCCCCCCCCC. The molecule has 0 aromatic carbocycles. The number of ether oxygens (including phenoxy) is 2. The third-order valence-corrected chi connectivity index (χ3v) is 8.13. The lowest BCUT2D eigenvalue weighted by Gasteiger charge is -2.29. The molecule has 4 nitrogen and oxygen atoms in total. The van der Waals surface area contributed by atoms with Crippen LogP contribution in [0.1, 0.15) is 150 Å². The Hall–Kier alpha value is -1.06. The molecule has 1 fully saturated rings. The van der Waals surface area contributed by atoms with Crippen molar-refractivity contribution in [2.24, 2.45) is 23.7 Å². The van der Waals surface area contributed by atoms with Gasteiger partial charge >= 0.3 is 11.9 Å². The summed E-state index contributed by atoms with van der Waals surface area (Å²) >= 11 is 0. The Balaban J connectivity index is 2.39. The molecule has 1 rings (SSSR count). The van der Waals surface area contributed by atoms with Gasteiger partial charge < -0.3 is 9.47 Å². The van der Waals surface area contributed by atoms with Crippen LogP contribution in [0.3, 0.4) is 0 Å². The zero-order valence-electron chi connectivity index (χ0n) is 23.8. The molecule has 4 heteroatoms. The Morgan fingerprint density at radius 3 is 1.51 bits per heavy atom. The first-order valence-corrected chi connectivity index (χ1v) is 15.4. The number of rotatable bonds is 20. The second-order valence-electron chi connectivity index (χ2n) is 11.2. The monoisotopic (exact) mass is 494 g/mol. The van der Waals surface area contributed by atoms with Gasteiger partial charge in [0.15, 0.2) is 0 Å². The van der Waals surface area contributed by atoms with E-state index in [-0.39, 0.29) is 29.7 Å². The highest BCUT2D eigenvalue weighted by molar-refractivity contribution is 5.82. The number of carbonyl (C=O) groups is 2. The van der Waals surface area contributed by atoms with Crippen molar-refractivity contribution < 1.29 is 19.1 Å². The van der Waals surface area contributed by atoms with Crippen LogP contribution in [-0.4, -0.2) is 25.2 Å². The van der Waals surface area contributed by atoms with Crippen LogP contribution in [0, 0.1) is 23.7 Å². The van der Waals surface area contributed by atoms with E-state index in [1.807, 2.05) is 0 Å². The van der Waals surface area contributed by atoms with Crippen molar-refractivity contribution in [1.29, 1.82) is 0 Å². The Kier molecular flexibility index (Phi) is 19.2. The average Bonchev–Trinajstić information content (AvgIpc) is 3.00. The first-order valence-electron chi connectivity index (χ1n) is 15.4. The van der Waals surface area contributed by atoms with Crippen LogP contribution in [0.15, 0.2) is 0 Å². The van der Waals surface area contributed by atoms with Crippen molar-refractivity contribution in [3.8, 4) is 0 Å². The fourth-order valence-corrected chi connectivity index (χ4v) is 5.49. The third kappa shape index (κ3) is 14.3. The summed E-state index contributed by atoms with van der Waals surface area (Å²) in [6, 6.07) is 0. The molecule has 1 saturated carbocycles. The second-order valence-corrected chi connectivity index (χ2v) is 11.2. The van der Waals surface area contributed by atoms with Crippen molar-refractivity contribution in [3.05, 3.63) is 0 Å². The van der Waals surface area contributed by atoms with E-state index < -0.39 is 0 Å². The Labute approximate surface area is 217 Å². The zero-order chi connectivity index (χ0) is 25.7. The molecule has 1 aliphatic rings. The highest BCUT2D eigenvalue weighted by atomic mass is 16.5. The minimum absolute atomic E-state index is 0.143. The number of unbranched alkanes of at least 4 members (excludes halogenated alkanes) is 14. The second kappa shape index (κ2) is 21.1. The maximum Gasteiger partial charge on any atom is 0.310 e. The lowest BCUT2D eigenvalue weighted by Crippen LogP contribution is -2.37. The molecule has 0 radical (unpaired) electrons. The molecule has 0 spiro atoms. The zero-order valence-corrected chi connectivity index (χ0v) is 23.8. The first-order chi connectivity index (χ1) is 17.0. The minimum Gasteiger partial charge on any atom is -0.465 e. The molecular formula is C31H58O4. The van der Waals surface area contributed by atoms with Gasteiger partial charge in [-0.15, -0.1) is 0 Å². The number of esters is 2. The van der Waals surface area contributed by atoms with E-state index in [0.29, 0.717) is 19.1 Å². The fourth-order valence-electron chi connectivity index (χ4n) is 5.49. The molecule has 0 saturated heterocycles. The topological polar surface area (TPSA) is 52.6 Å². The van der Waals surface area contributed by atoms with Gasteiger partial charge in [-0.05, 0) is 31.1 Å². The van der Waals surface area contributed by atoms with Crippen LogP contribution in [-0.2, 0) is 19.1 Å². The minimum atomic E-state index is -0.368. The summed E-state index contributed by atoms with van der Waals surface area (Å²) in [7, 11) is 0. The highest BCUT2D eigenvalue weighted by Crippen LogP contribution is 2.38. The predicted octanol–water partition coefficient (Wildman–Crippen LogP) is 9.04. The van der Waals surface area contributed by atoms with Crippen LogP contribution in [0.5, 0.6) is 0 Å². The summed E-state index contributed by atoms with van der Waals surface area (Å²) in [5, 5.41) is 0. The number of hydrogen-bond donors (Lipinski definition) is 0. The van der Waals surface area contributed by atoms with E-state index in [9.17, 15) is 9.59 Å². The molecule has 0 aromatic heterocycles. The maximum atomic E-state index is 13.1. The van der Waals surface area contributed by atoms with E-state index in [4.69, 9.17) is 9.47 Å². The summed E-state index contributed by atoms with van der Waals surface area (Å²) in [6.45, 7) is 9.77. The lowest BCUT2D eigenvalue weighted by molar-refractivity contribution is -0.163. The first kappa shape index (κ1) is 32.0. The Morgan fingerprint density at radius 1 is 0.600 bits per heavy atom. The average molecular weight is 495 g/mol. The molecule has 4 atom stereocenters. The predicted molar refractivity (Wildman–Crippen MR) is 146 cm³/mol. The lowest BCUT2D eigenvalue weighted by atomic mass is 9.77. The van der Waals surface area contributed by atoms with Gasteiger partial charge in [-0.1, -0.05) is 130 Å². The fraction of sp³-hybridized carbons (Fsp3) is 0.935. The third-order valence-electron chi connectivity index (χ3n) is 8.13. The number of carbonyl (C=O) groups excluding carboxylic acids is 2. The molecule has 0 heterocycles. The van der Waals surface area contributed by atoms with Crippen molar-refractivity contribution in [1.82, 2.24) is 0 Å². The Morgan fingerprint density at radius 2 is 1.03 bits per heavy atom. The van der Waals surface area contributed by atoms with Gasteiger partial charge in [0.2, 0.25) is 0 Å². The summed E-state index contributed by atoms with van der Waals surface area (Å²) < 4.78 is 11.4. The van der Waals surface area contributed by atoms with E-state index in [1.165, 1.54) is 77.0 Å². The van der Waals surface area contributed by atoms with Crippen molar-refractivity contribution >= 4 is 11.9 Å². The van der Waals surface area contributed by atoms with Crippen molar-refractivity contribution in [3.63, 3.8) is 0 Å². The molecule has 206 valence electrons. The van der Waals surface area contributed by atoms with Crippen LogP contribution < -0.4 is 0 Å². The van der Waals surface area contributed by atoms with Crippen LogP contribution in [0.4, 0.5) is 0 Å². The quantitative estimate of drug-likeness (QED) is 0.0962. The molecule has 0 N–H and O–H groups in total. The van der Waals surface area contributed by atoms with Crippen molar-refractivity contribution in [2.75, 3.05) is 13.2 Å². The largest absolute Gasteiger partial charge is 0.465 e. The van der Waals surface area contributed by atoms with Gasteiger partial charge in [0.25, 0.3) is 0 Å². The van der Waals surface area contributed by atoms with Gasteiger partial charge in [-0.2, -0.15) is 0 Å². The molecule has 0 amide bonds. The van der Waals surface area contributed by atoms with E-state index in [1.54, 1.807) is 0 Å².